The standard InChI is InChI=1S/C20H18F3O3PS/c1-27(17-11-5-2-6-12-17,18-13-7-3-8-14-18,19-15-9-4-10-16-19)26-28(24,25)20(21,22)23/h2-16H,1H3. The molecule has 3 aromatic rings. The zero-order valence-electron chi connectivity index (χ0n) is 14.9. The molecule has 0 fully saturated rings. The van der Waals surface area contributed by atoms with Crippen molar-refractivity contribution in [2.45, 2.75) is 5.51 Å². The molecule has 0 atom stereocenters. The Labute approximate surface area is 161 Å². The minimum absolute atomic E-state index is 0.374. The van der Waals surface area contributed by atoms with E-state index in [1.165, 1.54) is 6.66 Å². The summed E-state index contributed by atoms with van der Waals surface area (Å²) in [6.45, 7) is -3.01. The van der Waals surface area contributed by atoms with E-state index in [4.69, 9.17) is 3.97 Å². The Kier molecular flexibility index (Phi) is 5.13. The molecule has 3 nitrogen and oxygen atoms in total. The van der Waals surface area contributed by atoms with E-state index in [-0.39, 0.29) is 0 Å². The number of rotatable bonds is 5. The molecule has 0 heterocycles. The van der Waals surface area contributed by atoms with Crippen LogP contribution >= 0.6 is 6.83 Å². The first-order chi connectivity index (χ1) is 13.1. The first-order valence-corrected chi connectivity index (χ1v) is 12.3. The molecule has 0 spiro atoms. The van der Waals surface area contributed by atoms with Gasteiger partial charge in [-0.3, -0.25) is 0 Å². The van der Waals surface area contributed by atoms with Gasteiger partial charge >= 0.3 is 162 Å². The SMILES string of the molecule is CP(OS(=O)(=O)C(F)(F)F)(c1ccccc1)(c1ccccc1)c1ccccc1. The van der Waals surface area contributed by atoms with Crippen LogP contribution in [0.1, 0.15) is 0 Å². The summed E-state index contributed by atoms with van der Waals surface area (Å²) in [4.78, 5) is 0. The van der Waals surface area contributed by atoms with Crippen LogP contribution in [0.15, 0.2) is 91.0 Å². The molecule has 0 saturated carbocycles. The van der Waals surface area contributed by atoms with E-state index in [0.717, 1.165) is 0 Å². The summed E-state index contributed by atoms with van der Waals surface area (Å²) in [6, 6.07) is 24.6. The van der Waals surface area contributed by atoms with E-state index >= 15 is 0 Å². The second kappa shape index (κ2) is 6.99. The zero-order valence-corrected chi connectivity index (χ0v) is 16.6. The van der Waals surface area contributed by atoms with Gasteiger partial charge in [-0.15, -0.1) is 0 Å². The van der Waals surface area contributed by atoms with Crippen LogP contribution in [0.3, 0.4) is 0 Å². The Bertz CT molecular complexity index is 955. The molecular weight excluding hydrogens is 408 g/mol. The van der Waals surface area contributed by atoms with Crippen LogP contribution < -0.4 is 15.9 Å². The topological polar surface area (TPSA) is 43.4 Å². The second-order valence-electron chi connectivity index (χ2n) is 6.44. The molecule has 0 unspecified atom stereocenters. The fourth-order valence-electron chi connectivity index (χ4n) is 3.22. The number of alkyl halides is 3. The van der Waals surface area contributed by atoms with Crippen molar-refractivity contribution in [2.75, 3.05) is 6.66 Å². The summed E-state index contributed by atoms with van der Waals surface area (Å²) in [5, 5.41) is 1.12. The molecule has 0 radical (unpaired) electrons. The van der Waals surface area contributed by atoms with Gasteiger partial charge in [-0.05, 0) is 0 Å². The number of halogens is 3. The molecule has 0 saturated heterocycles. The predicted octanol–water partition coefficient (Wildman–Crippen LogP) is 3.93. The second-order valence-corrected chi connectivity index (χ2v) is 12.9. The summed E-state index contributed by atoms with van der Waals surface area (Å²) in [5.74, 6) is 0. The molecule has 0 N–H and O–H groups in total. The summed E-state index contributed by atoms with van der Waals surface area (Å²) in [5.41, 5.74) is -5.55. The van der Waals surface area contributed by atoms with E-state index in [2.05, 4.69) is 0 Å². The van der Waals surface area contributed by atoms with Crippen molar-refractivity contribution in [2.24, 2.45) is 0 Å². The predicted molar refractivity (Wildman–Crippen MR) is 107 cm³/mol. The molecule has 0 bridgehead atoms. The van der Waals surface area contributed by atoms with Crippen LogP contribution in [-0.4, -0.2) is 20.6 Å². The quantitative estimate of drug-likeness (QED) is 0.459. The van der Waals surface area contributed by atoms with Gasteiger partial charge in [0.1, 0.15) is 0 Å². The third-order valence-electron chi connectivity index (χ3n) is 4.70. The third-order valence-corrected chi connectivity index (χ3v) is 12.2. The van der Waals surface area contributed by atoms with Crippen molar-refractivity contribution < 1.29 is 25.6 Å². The molecule has 148 valence electrons. The first-order valence-electron chi connectivity index (χ1n) is 8.30. The summed E-state index contributed by atoms with van der Waals surface area (Å²) < 4.78 is 70.0. The normalized spacial score (nSPS) is 14.2. The fourth-order valence-corrected chi connectivity index (χ4v) is 10.1. The van der Waals surface area contributed by atoms with E-state index < -0.39 is 22.5 Å². The molecule has 8 heteroatoms. The molecule has 0 aliphatic rings. The Balaban J connectivity index is 2.48. The Morgan fingerprint density at radius 3 is 1.21 bits per heavy atom. The van der Waals surface area contributed by atoms with Crippen LogP contribution in [0, 0.1) is 0 Å². The summed E-state index contributed by atoms with van der Waals surface area (Å²) in [6.07, 6.45) is 0. The van der Waals surface area contributed by atoms with Gasteiger partial charge in [0.25, 0.3) is 0 Å². The number of hydrogen-bond donors (Lipinski definition) is 0. The number of hydrogen-bond acceptors (Lipinski definition) is 3. The van der Waals surface area contributed by atoms with Crippen LogP contribution in [-0.2, 0) is 14.1 Å². The van der Waals surface area contributed by atoms with Gasteiger partial charge < -0.3 is 0 Å². The Morgan fingerprint density at radius 1 is 0.679 bits per heavy atom. The zero-order chi connectivity index (χ0) is 20.5. The van der Waals surface area contributed by atoms with Crippen LogP contribution in [0.25, 0.3) is 0 Å². The summed E-state index contributed by atoms with van der Waals surface area (Å²) in [7, 11) is -5.90. The minimum atomic E-state index is -5.90. The fraction of sp³-hybridized carbons (Fsp3) is 0.100. The van der Waals surface area contributed by atoms with Crippen LogP contribution in [0.4, 0.5) is 13.2 Å². The first kappa shape index (κ1) is 20.5. The van der Waals surface area contributed by atoms with Crippen molar-refractivity contribution >= 4 is 32.9 Å². The average molecular weight is 426 g/mol. The van der Waals surface area contributed by atoms with Gasteiger partial charge in [0, 0.05) is 0 Å². The van der Waals surface area contributed by atoms with E-state index in [0.29, 0.717) is 15.9 Å². The van der Waals surface area contributed by atoms with Crippen molar-refractivity contribution in [1.82, 2.24) is 0 Å². The Hall–Kier alpha value is -2.21. The van der Waals surface area contributed by atoms with E-state index in [9.17, 15) is 21.6 Å². The van der Waals surface area contributed by atoms with E-state index in [1.54, 1.807) is 91.0 Å². The molecular formula is C20H18F3O3PS. The van der Waals surface area contributed by atoms with Gasteiger partial charge in [-0.1, -0.05) is 0 Å². The maximum atomic E-state index is 13.4. The average Bonchev–Trinajstić information content (AvgIpc) is 2.69. The molecule has 0 amide bonds. The van der Waals surface area contributed by atoms with Gasteiger partial charge in [0.15, 0.2) is 0 Å². The monoisotopic (exact) mass is 426 g/mol. The van der Waals surface area contributed by atoms with Gasteiger partial charge in [0.2, 0.25) is 0 Å². The van der Waals surface area contributed by atoms with Crippen LogP contribution in [0.2, 0.25) is 0 Å². The van der Waals surface area contributed by atoms with Crippen LogP contribution in [0.5, 0.6) is 0 Å². The van der Waals surface area contributed by atoms with E-state index in [1.807, 2.05) is 0 Å². The van der Waals surface area contributed by atoms with Gasteiger partial charge in [0.05, 0.1) is 0 Å². The molecule has 3 rings (SSSR count). The molecule has 0 aromatic heterocycles. The van der Waals surface area contributed by atoms with Crippen molar-refractivity contribution in [3.05, 3.63) is 91.0 Å². The van der Waals surface area contributed by atoms with Crippen molar-refractivity contribution in [3.8, 4) is 0 Å². The third kappa shape index (κ3) is 3.24. The summed E-state index contributed by atoms with van der Waals surface area (Å²) >= 11 is 0. The van der Waals surface area contributed by atoms with Crippen molar-refractivity contribution in [3.63, 3.8) is 0 Å². The Morgan fingerprint density at radius 2 is 0.964 bits per heavy atom. The molecule has 3 aromatic carbocycles. The molecule has 28 heavy (non-hydrogen) atoms. The molecule has 0 aliphatic heterocycles. The maximum absolute atomic E-state index is 13.4. The van der Waals surface area contributed by atoms with Crippen molar-refractivity contribution in [1.29, 1.82) is 0 Å². The van der Waals surface area contributed by atoms with Gasteiger partial charge in [-0.2, -0.15) is 0 Å². The van der Waals surface area contributed by atoms with Gasteiger partial charge in [-0.25, -0.2) is 0 Å². The number of benzene rings is 3. The molecule has 0 aliphatic carbocycles.